The third-order valence-electron chi connectivity index (χ3n) is 3.07. The van der Waals surface area contributed by atoms with Crippen molar-refractivity contribution in [1.29, 1.82) is 0 Å². The summed E-state index contributed by atoms with van der Waals surface area (Å²) in [5.41, 5.74) is 0.469. The maximum absolute atomic E-state index is 13.1. The summed E-state index contributed by atoms with van der Waals surface area (Å²) < 4.78 is 18.4. The van der Waals surface area contributed by atoms with E-state index in [-0.39, 0.29) is 18.3 Å². The van der Waals surface area contributed by atoms with E-state index < -0.39 is 11.9 Å². The minimum Gasteiger partial charge on any atom is -0.483 e. The highest BCUT2D eigenvalue weighted by atomic mass is 19.1. The number of benzene rings is 1. The van der Waals surface area contributed by atoms with E-state index in [1.54, 1.807) is 6.92 Å². The fourth-order valence-electron chi connectivity index (χ4n) is 1.75. The van der Waals surface area contributed by atoms with E-state index in [4.69, 9.17) is 4.74 Å². The van der Waals surface area contributed by atoms with Gasteiger partial charge in [-0.2, -0.15) is 0 Å². The van der Waals surface area contributed by atoms with E-state index in [1.165, 1.54) is 18.2 Å². The zero-order valence-electron chi connectivity index (χ0n) is 10.9. The van der Waals surface area contributed by atoms with Crippen LogP contribution >= 0.6 is 0 Å². The number of amides is 1. The van der Waals surface area contributed by atoms with Crippen molar-refractivity contribution in [2.45, 2.75) is 25.9 Å². The molecule has 1 amide bonds. The van der Waals surface area contributed by atoms with Crippen LogP contribution in [0.4, 0.5) is 4.39 Å². The average Bonchev–Trinajstić information content (AvgIpc) is 3.17. The minimum absolute atomic E-state index is 0.171. The van der Waals surface area contributed by atoms with E-state index in [0.29, 0.717) is 18.0 Å². The molecule has 1 aliphatic carbocycles. The van der Waals surface area contributed by atoms with E-state index in [2.05, 4.69) is 5.32 Å². The fraction of sp³-hybridized carbons (Fsp3) is 0.500. The number of carbonyl (C=O) groups excluding carboxylic acids is 1. The van der Waals surface area contributed by atoms with Crippen LogP contribution in [0.15, 0.2) is 18.2 Å². The number of nitrogens with one attached hydrogen (secondary N) is 1. The molecule has 104 valence electrons. The van der Waals surface area contributed by atoms with Gasteiger partial charge in [-0.05, 0) is 37.8 Å². The molecule has 1 aromatic carbocycles. The maximum Gasteiger partial charge on any atom is 0.257 e. The Morgan fingerprint density at radius 1 is 1.58 bits per heavy atom. The zero-order valence-corrected chi connectivity index (χ0v) is 10.9. The molecule has 0 spiro atoms. The van der Waals surface area contributed by atoms with E-state index in [1.807, 2.05) is 0 Å². The lowest BCUT2D eigenvalue weighted by Gasteiger charge is -2.13. The van der Waals surface area contributed by atoms with Gasteiger partial charge in [0.15, 0.2) is 6.61 Å². The zero-order chi connectivity index (χ0) is 13.8. The Morgan fingerprint density at radius 2 is 2.32 bits per heavy atom. The van der Waals surface area contributed by atoms with Gasteiger partial charge in [-0.15, -0.1) is 0 Å². The van der Waals surface area contributed by atoms with Crippen molar-refractivity contribution < 1.29 is 19.0 Å². The van der Waals surface area contributed by atoms with Crippen LogP contribution in [-0.2, 0) is 4.79 Å². The Labute approximate surface area is 111 Å². The summed E-state index contributed by atoms with van der Waals surface area (Å²) in [4.78, 5) is 11.5. The van der Waals surface area contributed by atoms with Crippen molar-refractivity contribution >= 4 is 5.91 Å². The SMILES string of the molecule is C[C@@H](O)c1ccc(F)cc1OCC(=O)NCC1CC1. The van der Waals surface area contributed by atoms with Gasteiger partial charge in [0.25, 0.3) is 5.91 Å². The third-order valence-corrected chi connectivity index (χ3v) is 3.07. The number of aliphatic hydroxyl groups is 1. The molecule has 0 aliphatic heterocycles. The molecule has 0 aromatic heterocycles. The predicted molar refractivity (Wildman–Crippen MR) is 68.3 cm³/mol. The Morgan fingerprint density at radius 3 is 2.95 bits per heavy atom. The number of hydrogen-bond acceptors (Lipinski definition) is 3. The van der Waals surface area contributed by atoms with Gasteiger partial charge in [-0.3, -0.25) is 4.79 Å². The third kappa shape index (κ3) is 4.21. The van der Waals surface area contributed by atoms with Crippen LogP contribution in [-0.4, -0.2) is 24.2 Å². The topological polar surface area (TPSA) is 58.6 Å². The molecule has 2 rings (SSSR count). The van der Waals surface area contributed by atoms with Crippen molar-refractivity contribution in [3.8, 4) is 5.75 Å². The number of carbonyl (C=O) groups is 1. The average molecular weight is 267 g/mol. The highest BCUT2D eigenvalue weighted by molar-refractivity contribution is 5.77. The minimum atomic E-state index is -0.773. The number of halogens is 1. The smallest absolute Gasteiger partial charge is 0.257 e. The molecule has 0 saturated heterocycles. The van der Waals surface area contributed by atoms with Gasteiger partial charge in [0.2, 0.25) is 0 Å². The summed E-state index contributed by atoms with van der Waals surface area (Å²) in [6.45, 7) is 2.07. The summed E-state index contributed by atoms with van der Waals surface area (Å²) in [5, 5.41) is 12.3. The lowest BCUT2D eigenvalue weighted by Crippen LogP contribution is -2.30. The number of aliphatic hydroxyl groups excluding tert-OH is 1. The predicted octanol–water partition coefficient (Wildman–Crippen LogP) is 1.78. The molecule has 19 heavy (non-hydrogen) atoms. The van der Waals surface area contributed by atoms with Gasteiger partial charge in [0.1, 0.15) is 11.6 Å². The first-order valence-corrected chi connectivity index (χ1v) is 6.43. The van der Waals surface area contributed by atoms with E-state index in [9.17, 15) is 14.3 Å². The summed E-state index contributed by atoms with van der Waals surface area (Å²) in [7, 11) is 0. The van der Waals surface area contributed by atoms with Gasteiger partial charge in [-0.25, -0.2) is 4.39 Å². The van der Waals surface area contributed by atoms with Crippen LogP contribution in [0.25, 0.3) is 0 Å². The maximum atomic E-state index is 13.1. The first-order chi connectivity index (χ1) is 9.06. The highest BCUT2D eigenvalue weighted by Gasteiger charge is 2.21. The molecule has 0 bridgehead atoms. The van der Waals surface area contributed by atoms with Crippen molar-refractivity contribution in [3.05, 3.63) is 29.6 Å². The first kappa shape index (κ1) is 13.8. The second-order valence-corrected chi connectivity index (χ2v) is 4.89. The van der Waals surface area contributed by atoms with Gasteiger partial charge in [-0.1, -0.05) is 0 Å². The molecular weight excluding hydrogens is 249 g/mol. The summed E-state index contributed by atoms with van der Waals surface area (Å²) in [5.74, 6) is 0.119. The largest absolute Gasteiger partial charge is 0.483 e. The van der Waals surface area contributed by atoms with Crippen LogP contribution in [0.1, 0.15) is 31.4 Å². The Bertz CT molecular complexity index is 458. The molecule has 1 aliphatic rings. The van der Waals surface area contributed by atoms with Crippen LogP contribution in [0.3, 0.4) is 0 Å². The van der Waals surface area contributed by atoms with Crippen molar-refractivity contribution in [2.24, 2.45) is 5.92 Å². The Hall–Kier alpha value is -1.62. The molecule has 1 atom stereocenters. The standard InChI is InChI=1S/C14H18FNO3/c1-9(17)12-5-4-11(15)6-13(12)19-8-14(18)16-7-10-2-3-10/h4-6,9-10,17H,2-3,7-8H2,1H3,(H,16,18)/t9-/m1/s1. The van der Waals surface area contributed by atoms with Gasteiger partial charge in [0, 0.05) is 18.2 Å². The molecule has 1 aromatic rings. The Balaban J connectivity index is 1.89. The van der Waals surface area contributed by atoms with Crippen molar-refractivity contribution in [2.75, 3.05) is 13.2 Å². The summed E-state index contributed by atoms with van der Waals surface area (Å²) >= 11 is 0. The van der Waals surface area contributed by atoms with Gasteiger partial charge in [0.05, 0.1) is 6.10 Å². The summed E-state index contributed by atoms with van der Waals surface area (Å²) in [6.07, 6.45) is 1.55. The molecule has 0 unspecified atom stereocenters. The van der Waals surface area contributed by atoms with Gasteiger partial charge < -0.3 is 15.2 Å². The second-order valence-electron chi connectivity index (χ2n) is 4.89. The normalized spacial score (nSPS) is 15.9. The monoisotopic (exact) mass is 267 g/mol. The van der Waals surface area contributed by atoms with Crippen molar-refractivity contribution in [1.82, 2.24) is 5.32 Å². The molecule has 0 radical (unpaired) electrons. The first-order valence-electron chi connectivity index (χ1n) is 6.43. The van der Waals surface area contributed by atoms with E-state index >= 15 is 0 Å². The fourth-order valence-corrected chi connectivity index (χ4v) is 1.75. The quantitative estimate of drug-likeness (QED) is 0.826. The van der Waals surface area contributed by atoms with Crippen molar-refractivity contribution in [3.63, 3.8) is 0 Å². The Kier molecular flexibility index (Phi) is 4.37. The number of hydrogen-bond donors (Lipinski definition) is 2. The lowest BCUT2D eigenvalue weighted by molar-refractivity contribution is -0.123. The molecule has 0 heterocycles. The molecule has 2 N–H and O–H groups in total. The lowest BCUT2D eigenvalue weighted by atomic mass is 10.1. The molecule has 4 nitrogen and oxygen atoms in total. The molecule has 1 saturated carbocycles. The highest BCUT2D eigenvalue weighted by Crippen LogP contribution is 2.28. The summed E-state index contributed by atoms with van der Waals surface area (Å²) in [6, 6.07) is 3.88. The number of rotatable bonds is 6. The second kappa shape index (κ2) is 6.02. The number of ether oxygens (including phenoxy) is 1. The molecular formula is C14H18FNO3. The molecule has 5 heteroatoms. The van der Waals surface area contributed by atoms with E-state index in [0.717, 1.165) is 12.8 Å². The van der Waals surface area contributed by atoms with Crippen LogP contribution in [0.2, 0.25) is 0 Å². The van der Waals surface area contributed by atoms with Crippen LogP contribution < -0.4 is 10.1 Å². The molecule has 1 fully saturated rings. The van der Waals surface area contributed by atoms with Crippen LogP contribution in [0.5, 0.6) is 5.75 Å². The van der Waals surface area contributed by atoms with Gasteiger partial charge >= 0.3 is 0 Å². The van der Waals surface area contributed by atoms with Crippen LogP contribution in [0, 0.1) is 11.7 Å².